The van der Waals surface area contributed by atoms with Gasteiger partial charge >= 0.3 is 5.97 Å². The van der Waals surface area contributed by atoms with Gasteiger partial charge in [-0.05, 0) is 19.1 Å². The van der Waals surface area contributed by atoms with Crippen molar-refractivity contribution in [2.75, 3.05) is 38.9 Å². The molecule has 19 heavy (non-hydrogen) atoms. The maximum atomic E-state index is 11.0. The molecule has 0 saturated heterocycles. The molecule has 0 fully saturated rings. The van der Waals surface area contributed by atoms with Crippen molar-refractivity contribution in [2.45, 2.75) is 13.0 Å². The maximum Gasteiger partial charge on any atom is 0.354 e. The number of carboxylic acids is 1. The Morgan fingerprint density at radius 2 is 2.21 bits per heavy atom. The van der Waals surface area contributed by atoms with Gasteiger partial charge < -0.3 is 19.5 Å². The summed E-state index contributed by atoms with van der Waals surface area (Å²) in [6.45, 7) is 3.78. The van der Waals surface area contributed by atoms with E-state index in [1.807, 2.05) is 11.8 Å². The topological polar surface area (TPSA) is 71.9 Å². The SMILES string of the molecule is COCCN(c1ccnc(C(=O)O)c1)C(C)COC. The van der Waals surface area contributed by atoms with Crippen LogP contribution < -0.4 is 4.90 Å². The molecular weight excluding hydrogens is 248 g/mol. The van der Waals surface area contributed by atoms with Gasteiger partial charge in [0.05, 0.1) is 13.2 Å². The highest BCUT2D eigenvalue weighted by molar-refractivity contribution is 5.86. The molecule has 1 aromatic heterocycles. The summed E-state index contributed by atoms with van der Waals surface area (Å²) in [6, 6.07) is 3.46. The van der Waals surface area contributed by atoms with Crippen molar-refractivity contribution in [1.82, 2.24) is 4.98 Å². The first-order chi connectivity index (χ1) is 9.10. The van der Waals surface area contributed by atoms with Gasteiger partial charge in [0.15, 0.2) is 0 Å². The zero-order valence-electron chi connectivity index (χ0n) is 11.5. The fourth-order valence-corrected chi connectivity index (χ4v) is 1.84. The van der Waals surface area contributed by atoms with E-state index in [0.29, 0.717) is 19.8 Å². The van der Waals surface area contributed by atoms with Gasteiger partial charge in [0.25, 0.3) is 0 Å². The molecule has 1 N–H and O–H groups in total. The second kappa shape index (κ2) is 7.70. The molecule has 0 radical (unpaired) electrons. The smallest absolute Gasteiger partial charge is 0.354 e. The van der Waals surface area contributed by atoms with E-state index < -0.39 is 5.97 Å². The lowest BCUT2D eigenvalue weighted by Crippen LogP contribution is -2.38. The molecule has 0 spiro atoms. The van der Waals surface area contributed by atoms with Crippen LogP contribution >= 0.6 is 0 Å². The molecule has 0 aliphatic rings. The molecule has 0 bridgehead atoms. The number of aromatic nitrogens is 1. The van der Waals surface area contributed by atoms with Crippen LogP contribution in [0.15, 0.2) is 18.3 Å². The van der Waals surface area contributed by atoms with Gasteiger partial charge in [-0.1, -0.05) is 0 Å². The number of nitrogens with zero attached hydrogens (tertiary/aromatic N) is 2. The Hall–Kier alpha value is -1.66. The molecular formula is C13H20N2O4. The van der Waals surface area contributed by atoms with Crippen molar-refractivity contribution < 1.29 is 19.4 Å². The minimum Gasteiger partial charge on any atom is -0.477 e. The Labute approximate surface area is 113 Å². The number of rotatable bonds is 8. The number of pyridine rings is 1. The molecule has 0 aromatic carbocycles. The molecule has 0 aliphatic heterocycles. The monoisotopic (exact) mass is 268 g/mol. The second-order valence-electron chi connectivity index (χ2n) is 4.19. The van der Waals surface area contributed by atoms with E-state index >= 15 is 0 Å². The van der Waals surface area contributed by atoms with E-state index in [1.54, 1.807) is 26.4 Å². The highest BCUT2D eigenvalue weighted by atomic mass is 16.5. The largest absolute Gasteiger partial charge is 0.477 e. The van der Waals surface area contributed by atoms with Crippen molar-refractivity contribution in [3.05, 3.63) is 24.0 Å². The number of anilines is 1. The first-order valence-corrected chi connectivity index (χ1v) is 6.04. The summed E-state index contributed by atoms with van der Waals surface area (Å²) in [4.78, 5) is 16.8. The van der Waals surface area contributed by atoms with Gasteiger partial charge in [-0.15, -0.1) is 0 Å². The van der Waals surface area contributed by atoms with Crippen LogP contribution in [-0.2, 0) is 9.47 Å². The van der Waals surface area contributed by atoms with E-state index in [0.717, 1.165) is 5.69 Å². The van der Waals surface area contributed by atoms with Gasteiger partial charge in [0.1, 0.15) is 5.69 Å². The number of hydrogen-bond acceptors (Lipinski definition) is 5. The van der Waals surface area contributed by atoms with E-state index in [9.17, 15) is 4.79 Å². The quantitative estimate of drug-likeness (QED) is 0.765. The third-order valence-electron chi connectivity index (χ3n) is 2.77. The van der Waals surface area contributed by atoms with E-state index in [2.05, 4.69) is 4.98 Å². The van der Waals surface area contributed by atoms with Gasteiger partial charge in [0, 0.05) is 38.7 Å². The summed E-state index contributed by atoms with van der Waals surface area (Å²) in [5, 5.41) is 8.98. The van der Waals surface area contributed by atoms with Gasteiger partial charge in [-0.25, -0.2) is 9.78 Å². The van der Waals surface area contributed by atoms with E-state index in [4.69, 9.17) is 14.6 Å². The van der Waals surface area contributed by atoms with E-state index in [1.165, 1.54) is 6.20 Å². The first-order valence-electron chi connectivity index (χ1n) is 6.04. The Bertz CT molecular complexity index is 411. The molecule has 1 aromatic rings. The number of methoxy groups -OCH3 is 2. The van der Waals surface area contributed by atoms with Crippen molar-refractivity contribution in [3.8, 4) is 0 Å². The van der Waals surface area contributed by atoms with Crippen LogP contribution in [0.25, 0.3) is 0 Å². The number of carboxylic acid groups (broad SMARTS) is 1. The van der Waals surface area contributed by atoms with Crippen molar-refractivity contribution in [3.63, 3.8) is 0 Å². The molecule has 6 nitrogen and oxygen atoms in total. The highest BCUT2D eigenvalue weighted by Gasteiger charge is 2.16. The zero-order valence-corrected chi connectivity index (χ0v) is 11.5. The van der Waals surface area contributed by atoms with Gasteiger partial charge in [-0.3, -0.25) is 0 Å². The zero-order chi connectivity index (χ0) is 14.3. The third kappa shape index (κ3) is 4.50. The summed E-state index contributed by atoms with van der Waals surface area (Å²) in [7, 11) is 3.27. The van der Waals surface area contributed by atoms with Crippen LogP contribution in [0.1, 0.15) is 17.4 Å². The number of hydrogen-bond donors (Lipinski definition) is 1. The van der Waals surface area contributed by atoms with Crippen LogP contribution in [0, 0.1) is 0 Å². The first kappa shape index (κ1) is 15.4. The van der Waals surface area contributed by atoms with Crippen LogP contribution in [0.4, 0.5) is 5.69 Å². The number of ether oxygens (including phenoxy) is 2. The fraction of sp³-hybridized carbons (Fsp3) is 0.538. The van der Waals surface area contributed by atoms with Crippen LogP contribution in [0.3, 0.4) is 0 Å². The summed E-state index contributed by atoms with van der Waals surface area (Å²) >= 11 is 0. The highest BCUT2D eigenvalue weighted by Crippen LogP contribution is 2.17. The van der Waals surface area contributed by atoms with Crippen LogP contribution in [0.2, 0.25) is 0 Å². The normalized spacial score (nSPS) is 12.2. The van der Waals surface area contributed by atoms with Gasteiger partial charge in [-0.2, -0.15) is 0 Å². The Morgan fingerprint density at radius 3 is 2.79 bits per heavy atom. The number of carbonyl (C=O) groups is 1. The van der Waals surface area contributed by atoms with Crippen molar-refractivity contribution in [1.29, 1.82) is 0 Å². The summed E-state index contributed by atoms with van der Waals surface area (Å²) < 4.78 is 10.2. The fourth-order valence-electron chi connectivity index (χ4n) is 1.84. The average molecular weight is 268 g/mol. The summed E-state index contributed by atoms with van der Waals surface area (Å²) in [5.41, 5.74) is 0.832. The molecule has 0 amide bonds. The molecule has 1 heterocycles. The molecule has 6 heteroatoms. The molecule has 106 valence electrons. The summed E-state index contributed by atoms with van der Waals surface area (Å²) in [6.07, 6.45) is 1.50. The molecule has 1 unspecified atom stereocenters. The minimum atomic E-state index is -1.03. The standard InChI is InChI=1S/C13H20N2O4/c1-10(9-19-3)15(6-7-18-2)11-4-5-14-12(8-11)13(16)17/h4-5,8,10H,6-7,9H2,1-3H3,(H,16,17). The lowest BCUT2D eigenvalue weighted by atomic mass is 10.2. The van der Waals surface area contributed by atoms with Crippen LogP contribution in [0.5, 0.6) is 0 Å². The lowest BCUT2D eigenvalue weighted by Gasteiger charge is -2.30. The Morgan fingerprint density at radius 1 is 1.47 bits per heavy atom. The predicted octanol–water partition coefficient (Wildman–Crippen LogP) is 1.27. The third-order valence-corrected chi connectivity index (χ3v) is 2.77. The Balaban J connectivity index is 2.95. The van der Waals surface area contributed by atoms with Crippen LogP contribution in [-0.4, -0.2) is 56.1 Å². The summed E-state index contributed by atoms with van der Waals surface area (Å²) in [5.74, 6) is -1.03. The molecule has 1 atom stereocenters. The minimum absolute atomic E-state index is 0.0320. The van der Waals surface area contributed by atoms with E-state index in [-0.39, 0.29) is 11.7 Å². The molecule has 0 saturated carbocycles. The van der Waals surface area contributed by atoms with Crippen molar-refractivity contribution >= 4 is 11.7 Å². The predicted molar refractivity (Wildman–Crippen MR) is 71.8 cm³/mol. The lowest BCUT2D eigenvalue weighted by molar-refractivity contribution is 0.0690. The van der Waals surface area contributed by atoms with Gasteiger partial charge in [0.2, 0.25) is 0 Å². The second-order valence-corrected chi connectivity index (χ2v) is 4.19. The molecule has 1 rings (SSSR count). The molecule has 0 aliphatic carbocycles. The maximum absolute atomic E-state index is 11.0. The average Bonchev–Trinajstić information content (AvgIpc) is 2.40. The Kier molecular flexibility index (Phi) is 6.24. The number of aromatic carboxylic acids is 1. The van der Waals surface area contributed by atoms with Crippen molar-refractivity contribution in [2.24, 2.45) is 0 Å².